The van der Waals surface area contributed by atoms with E-state index in [1.165, 1.54) is 6.92 Å². The van der Waals surface area contributed by atoms with Crippen LogP contribution in [0.25, 0.3) is 10.9 Å². The molecular weight excluding hydrogens is 484 g/mol. The van der Waals surface area contributed by atoms with Gasteiger partial charge in [-0.3, -0.25) is 14.4 Å². The number of benzene rings is 2. The van der Waals surface area contributed by atoms with Crippen LogP contribution in [-0.2, 0) is 25.6 Å². The number of ether oxygens (including phenoxy) is 1. The fourth-order valence-corrected chi connectivity index (χ4v) is 4.40. The van der Waals surface area contributed by atoms with Gasteiger partial charge in [0.2, 0.25) is 17.7 Å². The smallest absolute Gasteiger partial charge is 0.246 e. The Labute approximate surface area is 222 Å². The van der Waals surface area contributed by atoms with Gasteiger partial charge in [-0.2, -0.15) is 0 Å². The van der Waals surface area contributed by atoms with Gasteiger partial charge in [0, 0.05) is 41.3 Å². The second kappa shape index (κ2) is 13.4. The molecule has 1 heterocycles. The Morgan fingerprint density at radius 1 is 0.947 bits per heavy atom. The highest BCUT2D eigenvalue weighted by Crippen LogP contribution is 2.27. The monoisotopic (exact) mass is 520 g/mol. The molecule has 0 radical (unpaired) electrons. The third-order valence-corrected chi connectivity index (χ3v) is 6.29. The molecule has 38 heavy (non-hydrogen) atoms. The number of aromatic amines is 1. The van der Waals surface area contributed by atoms with Gasteiger partial charge in [-0.1, -0.05) is 18.9 Å². The van der Waals surface area contributed by atoms with E-state index in [0.717, 1.165) is 35.0 Å². The summed E-state index contributed by atoms with van der Waals surface area (Å²) in [5.74, 6) is 0.00382. The Bertz CT molecular complexity index is 1310. The maximum Gasteiger partial charge on any atom is 0.246 e. The molecular formula is C29H36N4O5. The van der Waals surface area contributed by atoms with Crippen molar-refractivity contribution in [1.82, 2.24) is 10.3 Å². The van der Waals surface area contributed by atoms with Crippen molar-refractivity contribution in [3.05, 3.63) is 53.7 Å². The molecule has 9 nitrogen and oxygen atoms in total. The number of H-pyrrole nitrogens is 1. The maximum absolute atomic E-state index is 13.2. The average Bonchev–Trinajstić information content (AvgIpc) is 3.16. The number of carbonyl (C=O) groups is 4. The Morgan fingerprint density at radius 2 is 1.68 bits per heavy atom. The molecule has 3 rings (SSSR count). The van der Waals surface area contributed by atoms with E-state index in [-0.39, 0.29) is 29.9 Å². The predicted octanol–water partition coefficient (Wildman–Crippen LogP) is 4.65. The lowest BCUT2D eigenvalue weighted by atomic mass is 10.0. The zero-order valence-electron chi connectivity index (χ0n) is 22.4. The zero-order valence-corrected chi connectivity index (χ0v) is 22.4. The van der Waals surface area contributed by atoms with Gasteiger partial charge in [-0.25, -0.2) is 0 Å². The number of hydrogen-bond acceptors (Lipinski definition) is 5. The fourth-order valence-electron chi connectivity index (χ4n) is 4.40. The minimum atomic E-state index is -0.760. The second-order valence-corrected chi connectivity index (χ2v) is 9.49. The number of aromatic nitrogens is 1. The number of ketones is 1. The SMILES string of the molecule is COc1ccc2[nH]c(C)c(CC(=O)NC(CCCCCC(C)=O)C(=O)Nc3cccc(NC(C)=O)c3)c2c1. The molecule has 0 bridgehead atoms. The Kier molecular flexibility index (Phi) is 10.0. The van der Waals surface area contributed by atoms with Gasteiger partial charge in [0.05, 0.1) is 13.5 Å². The quantitative estimate of drug-likeness (QED) is 0.244. The summed E-state index contributed by atoms with van der Waals surface area (Å²) in [6.07, 6.45) is 3.24. The van der Waals surface area contributed by atoms with Crippen molar-refractivity contribution in [2.75, 3.05) is 17.7 Å². The maximum atomic E-state index is 13.2. The Hall–Kier alpha value is -4.14. The van der Waals surface area contributed by atoms with Crippen LogP contribution in [0.4, 0.5) is 11.4 Å². The first-order valence-corrected chi connectivity index (χ1v) is 12.8. The van der Waals surface area contributed by atoms with Gasteiger partial charge in [-0.05, 0) is 68.7 Å². The summed E-state index contributed by atoms with van der Waals surface area (Å²) in [5.41, 5.74) is 3.70. The van der Waals surface area contributed by atoms with E-state index in [9.17, 15) is 19.2 Å². The van der Waals surface area contributed by atoms with Gasteiger partial charge in [0.1, 0.15) is 17.6 Å². The number of nitrogens with one attached hydrogen (secondary N) is 4. The molecule has 0 saturated carbocycles. The van der Waals surface area contributed by atoms with Crippen molar-refractivity contribution in [2.45, 2.75) is 65.3 Å². The molecule has 202 valence electrons. The minimum absolute atomic E-state index is 0.102. The largest absolute Gasteiger partial charge is 0.497 e. The third kappa shape index (κ3) is 8.19. The molecule has 1 unspecified atom stereocenters. The van der Waals surface area contributed by atoms with Gasteiger partial charge >= 0.3 is 0 Å². The highest BCUT2D eigenvalue weighted by Gasteiger charge is 2.22. The van der Waals surface area contributed by atoms with Crippen LogP contribution in [0.2, 0.25) is 0 Å². The standard InChI is InChI=1S/C29H36N4O5/c1-18(34)9-6-5-7-12-27(29(37)32-22-11-8-10-21(15-22)31-20(3)35)33-28(36)17-24-19(2)30-26-14-13-23(38-4)16-25(24)26/h8,10-11,13-16,27,30H,5-7,9,12,17H2,1-4H3,(H,31,35)(H,32,37)(H,33,36). The number of rotatable bonds is 13. The first-order chi connectivity index (χ1) is 18.2. The first kappa shape index (κ1) is 28.4. The number of unbranched alkanes of at least 4 members (excludes halogenated alkanes) is 2. The molecule has 0 aliphatic rings. The van der Waals surface area contributed by atoms with E-state index in [4.69, 9.17) is 4.74 Å². The molecule has 2 aromatic carbocycles. The number of carbonyl (C=O) groups excluding carboxylic acids is 4. The number of anilines is 2. The van der Waals surface area contributed by atoms with Crippen molar-refractivity contribution in [2.24, 2.45) is 0 Å². The molecule has 0 fully saturated rings. The third-order valence-electron chi connectivity index (χ3n) is 6.29. The van der Waals surface area contributed by atoms with E-state index in [0.29, 0.717) is 36.4 Å². The Balaban J connectivity index is 1.72. The van der Waals surface area contributed by atoms with E-state index >= 15 is 0 Å². The van der Waals surface area contributed by atoms with Crippen molar-refractivity contribution in [3.63, 3.8) is 0 Å². The van der Waals surface area contributed by atoms with Crippen molar-refractivity contribution in [1.29, 1.82) is 0 Å². The summed E-state index contributed by atoms with van der Waals surface area (Å²) in [5, 5.41) is 9.35. The summed E-state index contributed by atoms with van der Waals surface area (Å²) < 4.78 is 5.34. The summed E-state index contributed by atoms with van der Waals surface area (Å²) in [6, 6.07) is 11.7. The van der Waals surface area contributed by atoms with Gasteiger partial charge in [0.25, 0.3) is 0 Å². The lowest BCUT2D eigenvalue weighted by Crippen LogP contribution is -2.44. The summed E-state index contributed by atoms with van der Waals surface area (Å²) in [7, 11) is 1.60. The zero-order chi connectivity index (χ0) is 27.7. The summed E-state index contributed by atoms with van der Waals surface area (Å²) in [4.78, 5) is 52.3. The number of Topliss-reactive ketones (excluding diaryl/α,β-unsaturated/α-hetero) is 1. The molecule has 9 heteroatoms. The highest BCUT2D eigenvalue weighted by atomic mass is 16.5. The number of hydrogen-bond donors (Lipinski definition) is 4. The summed E-state index contributed by atoms with van der Waals surface area (Å²) >= 11 is 0. The Morgan fingerprint density at radius 3 is 2.37 bits per heavy atom. The number of amides is 3. The van der Waals surface area contributed by atoms with Gasteiger partial charge in [-0.15, -0.1) is 0 Å². The minimum Gasteiger partial charge on any atom is -0.497 e. The molecule has 1 aromatic heterocycles. The van der Waals surface area contributed by atoms with Crippen LogP contribution in [0.1, 0.15) is 57.2 Å². The van der Waals surface area contributed by atoms with Crippen LogP contribution in [-0.4, -0.2) is 41.6 Å². The summed E-state index contributed by atoms with van der Waals surface area (Å²) in [6.45, 7) is 4.89. The molecule has 3 amide bonds. The lowest BCUT2D eigenvalue weighted by molar-refractivity contribution is -0.126. The number of methoxy groups -OCH3 is 1. The van der Waals surface area contributed by atoms with Crippen molar-refractivity contribution < 1.29 is 23.9 Å². The van der Waals surface area contributed by atoms with Crippen molar-refractivity contribution >= 4 is 45.8 Å². The highest BCUT2D eigenvalue weighted by molar-refractivity contribution is 5.99. The van der Waals surface area contributed by atoms with Crippen LogP contribution < -0.4 is 20.7 Å². The van der Waals surface area contributed by atoms with Crippen LogP contribution in [0.15, 0.2) is 42.5 Å². The van der Waals surface area contributed by atoms with E-state index < -0.39 is 6.04 Å². The van der Waals surface area contributed by atoms with Crippen LogP contribution >= 0.6 is 0 Å². The van der Waals surface area contributed by atoms with E-state index in [1.54, 1.807) is 38.3 Å². The first-order valence-electron chi connectivity index (χ1n) is 12.8. The predicted molar refractivity (Wildman–Crippen MR) is 148 cm³/mol. The van der Waals surface area contributed by atoms with Gasteiger partial charge < -0.3 is 30.5 Å². The van der Waals surface area contributed by atoms with Crippen molar-refractivity contribution in [3.8, 4) is 5.75 Å². The molecule has 1 atom stereocenters. The van der Waals surface area contributed by atoms with Crippen LogP contribution in [0.5, 0.6) is 5.75 Å². The lowest BCUT2D eigenvalue weighted by Gasteiger charge is -2.19. The number of fused-ring (bicyclic) bond motifs is 1. The molecule has 0 spiro atoms. The molecule has 0 aliphatic carbocycles. The van der Waals surface area contributed by atoms with E-state index in [2.05, 4.69) is 20.9 Å². The van der Waals surface area contributed by atoms with E-state index in [1.807, 2.05) is 25.1 Å². The topological polar surface area (TPSA) is 129 Å². The molecule has 0 saturated heterocycles. The second-order valence-electron chi connectivity index (χ2n) is 9.49. The van der Waals surface area contributed by atoms with Crippen LogP contribution in [0.3, 0.4) is 0 Å². The normalized spacial score (nSPS) is 11.6. The average molecular weight is 521 g/mol. The van der Waals surface area contributed by atoms with Gasteiger partial charge in [0.15, 0.2) is 0 Å². The number of aryl methyl sites for hydroxylation is 1. The fraction of sp³-hybridized carbons (Fsp3) is 0.379. The van der Waals surface area contributed by atoms with Crippen LogP contribution in [0, 0.1) is 6.92 Å². The molecule has 0 aliphatic heterocycles. The molecule has 3 aromatic rings. The molecule has 4 N–H and O–H groups in total.